The summed E-state index contributed by atoms with van der Waals surface area (Å²) in [7, 11) is 0. The lowest BCUT2D eigenvalue weighted by molar-refractivity contribution is 0.306. The third kappa shape index (κ3) is 3.29. The van der Waals surface area contributed by atoms with Gasteiger partial charge in [-0.25, -0.2) is 0 Å². The third-order valence-electron chi connectivity index (χ3n) is 3.44. The molecule has 0 radical (unpaired) electrons. The van der Waals surface area contributed by atoms with E-state index >= 15 is 0 Å². The van der Waals surface area contributed by atoms with E-state index in [2.05, 4.69) is 6.58 Å². The molecule has 0 atom stereocenters. The van der Waals surface area contributed by atoms with Crippen molar-refractivity contribution in [2.75, 3.05) is 0 Å². The fourth-order valence-electron chi connectivity index (χ4n) is 2.30. The Bertz CT molecular complexity index is 769. The molecule has 3 rings (SSSR count). The van der Waals surface area contributed by atoms with Crippen LogP contribution in [0.1, 0.15) is 16.9 Å². The van der Waals surface area contributed by atoms with E-state index < -0.39 is 0 Å². The van der Waals surface area contributed by atoms with Crippen LogP contribution in [0.15, 0.2) is 71.7 Å². The zero-order chi connectivity index (χ0) is 15.4. The molecule has 3 aromatic rings. The molecule has 110 valence electrons. The summed E-state index contributed by atoms with van der Waals surface area (Å²) in [6.07, 6.45) is 1.81. The summed E-state index contributed by atoms with van der Waals surface area (Å²) in [6.45, 7) is 6.32. The average molecular weight is 290 g/mol. The fraction of sp³-hybridized carbons (Fsp3) is 0.100. The Morgan fingerprint density at radius 1 is 1.05 bits per heavy atom. The highest BCUT2D eigenvalue weighted by Gasteiger charge is 2.07. The maximum absolute atomic E-state index is 5.91. The maximum Gasteiger partial charge on any atom is 0.134 e. The van der Waals surface area contributed by atoms with Crippen LogP contribution in [0.3, 0.4) is 0 Å². The Kier molecular flexibility index (Phi) is 4.10. The van der Waals surface area contributed by atoms with E-state index in [4.69, 9.17) is 9.15 Å². The predicted octanol–water partition coefficient (Wildman–Crippen LogP) is 5.48. The van der Waals surface area contributed by atoms with Crippen molar-refractivity contribution in [3.8, 4) is 17.1 Å². The molecule has 0 aliphatic rings. The number of rotatable bonds is 5. The number of benzene rings is 2. The smallest absolute Gasteiger partial charge is 0.134 e. The molecule has 2 nitrogen and oxygen atoms in total. The second-order valence-electron chi connectivity index (χ2n) is 5.18. The first-order valence-corrected chi connectivity index (χ1v) is 7.25. The summed E-state index contributed by atoms with van der Waals surface area (Å²) in [5.74, 6) is 2.54. The molecule has 0 spiro atoms. The molecule has 0 saturated carbocycles. The van der Waals surface area contributed by atoms with Crippen molar-refractivity contribution in [2.24, 2.45) is 0 Å². The van der Waals surface area contributed by atoms with Crippen LogP contribution in [-0.2, 0) is 6.61 Å². The van der Waals surface area contributed by atoms with Crippen LogP contribution in [-0.4, -0.2) is 0 Å². The molecule has 0 aliphatic carbocycles. The standard InChI is InChI=1S/C20H18O2/c1-3-16-11-18(20-10-9-15(2)22-20)13-19(12-16)21-14-17-7-5-4-6-8-17/h3-13H,1,14H2,2H3. The van der Waals surface area contributed by atoms with E-state index in [-0.39, 0.29) is 0 Å². The highest BCUT2D eigenvalue weighted by molar-refractivity contribution is 5.66. The first-order valence-electron chi connectivity index (χ1n) is 7.25. The lowest BCUT2D eigenvalue weighted by Crippen LogP contribution is -1.95. The van der Waals surface area contributed by atoms with E-state index in [1.54, 1.807) is 0 Å². The van der Waals surface area contributed by atoms with Crippen LogP contribution in [0.5, 0.6) is 5.75 Å². The van der Waals surface area contributed by atoms with E-state index in [1.807, 2.05) is 73.7 Å². The van der Waals surface area contributed by atoms with E-state index in [1.165, 1.54) is 0 Å². The molecule has 0 bridgehead atoms. The van der Waals surface area contributed by atoms with Crippen LogP contribution in [0, 0.1) is 6.92 Å². The third-order valence-corrected chi connectivity index (χ3v) is 3.44. The van der Waals surface area contributed by atoms with Crippen molar-refractivity contribution >= 4 is 6.08 Å². The molecule has 0 saturated heterocycles. The van der Waals surface area contributed by atoms with Crippen LogP contribution < -0.4 is 4.74 Å². The minimum atomic E-state index is 0.540. The molecular formula is C20H18O2. The van der Waals surface area contributed by atoms with Gasteiger partial charge < -0.3 is 9.15 Å². The monoisotopic (exact) mass is 290 g/mol. The van der Waals surface area contributed by atoms with Gasteiger partial charge in [-0.3, -0.25) is 0 Å². The summed E-state index contributed by atoms with van der Waals surface area (Å²) in [6, 6.07) is 20.1. The van der Waals surface area contributed by atoms with Gasteiger partial charge in [0.1, 0.15) is 23.9 Å². The zero-order valence-corrected chi connectivity index (χ0v) is 12.6. The lowest BCUT2D eigenvalue weighted by Gasteiger charge is -2.09. The van der Waals surface area contributed by atoms with Crippen molar-refractivity contribution in [2.45, 2.75) is 13.5 Å². The van der Waals surface area contributed by atoms with Crippen molar-refractivity contribution in [3.05, 3.63) is 84.1 Å². The summed E-state index contributed by atoms with van der Waals surface area (Å²) < 4.78 is 11.6. The van der Waals surface area contributed by atoms with Gasteiger partial charge in [-0.2, -0.15) is 0 Å². The van der Waals surface area contributed by atoms with E-state index in [0.29, 0.717) is 6.61 Å². The largest absolute Gasteiger partial charge is 0.489 e. The van der Waals surface area contributed by atoms with Gasteiger partial charge in [-0.05, 0) is 48.4 Å². The quantitative estimate of drug-likeness (QED) is 0.621. The number of ether oxygens (including phenoxy) is 1. The summed E-state index contributed by atoms with van der Waals surface area (Å²) in [4.78, 5) is 0. The van der Waals surface area contributed by atoms with Gasteiger partial charge >= 0.3 is 0 Å². The Labute approximate surface area is 130 Å². The van der Waals surface area contributed by atoms with Crippen molar-refractivity contribution in [1.29, 1.82) is 0 Å². The van der Waals surface area contributed by atoms with Gasteiger partial charge in [0.2, 0.25) is 0 Å². The van der Waals surface area contributed by atoms with Gasteiger partial charge in [0, 0.05) is 5.56 Å². The van der Waals surface area contributed by atoms with E-state index in [0.717, 1.165) is 34.0 Å². The Morgan fingerprint density at radius 3 is 2.55 bits per heavy atom. The molecule has 0 N–H and O–H groups in total. The summed E-state index contributed by atoms with van der Waals surface area (Å²) >= 11 is 0. The fourth-order valence-corrected chi connectivity index (χ4v) is 2.30. The molecule has 0 unspecified atom stereocenters. The average Bonchev–Trinajstić information content (AvgIpc) is 3.00. The van der Waals surface area contributed by atoms with Gasteiger partial charge in [-0.15, -0.1) is 0 Å². The van der Waals surface area contributed by atoms with Crippen LogP contribution in [0.25, 0.3) is 17.4 Å². The van der Waals surface area contributed by atoms with Gasteiger partial charge in [-0.1, -0.05) is 43.0 Å². The maximum atomic E-state index is 5.91. The second-order valence-corrected chi connectivity index (χ2v) is 5.18. The molecule has 1 heterocycles. The van der Waals surface area contributed by atoms with E-state index in [9.17, 15) is 0 Å². The molecule has 2 aromatic carbocycles. The number of aryl methyl sites for hydroxylation is 1. The number of furan rings is 1. The van der Waals surface area contributed by atoms with Gasteiger partial charge in [0.25, 0.3) is 0 Å². The first-order chi connectivity index (χ1) is 10.7. The molecular weight excluding hydrogens is 272 g/mol. The normalized spacial score (nSPS) is 10.4. The predicted molar refractivity (Wildman–Crippen MR) is 89.7 cm³/mol. The zero-order valence-electron chi connectivity index (χ0n) is 12.6. The minimum Gasteiger partial charge on any atom is -0.489 e. The van der Waals surface area contributed by atoms with Crippen molar-refractivity contribution in [3.63, 3.8) is 0 Å². The minimum absolute atomic E-state index is 0.540. The lowest BCUT2D eigenvalue weighted by atomic mass is 10.1. The molecule has 0 fully saturated rings. The molecule has 2 heteroatoms. The Balaban J connectivity index is 1.86. The second kappa shape index (κ2) is 6.35. The Hall–Kier alpha value is -2.74. The number of hydrogen-bond donors (Lipinski definition) is 0. The van der Waals surface area contributed by atoms with Crippen molar-refractivity contribution < 1.29 is 9.15 Å². The van der Waals surface area contributed by atoms with Crippen LogP contribution in [0.2, 0.25) is 0 Å². The topological polar surface area (TPSA) is 22.4 Å². The molecule has 0 aliphatic heterocycles. The molecule has 1 aromatic heterocycles. The van der Waals surface area contributed by atoms with Gasteiger partial charge in [0.05, 0.1) is 0 Å². The molecule has 22 heavy (non-hydrogen) atoms. The highest BCUT2D eigenvalue weighted by Crippen LogP contribution is 2.28. The van der Waals surface area contributed by atoms with Crippen molar-refractivity contribution in [1.82, 2.24) is 0 Å². The first kappa shape index (κ1) is 14.2. The van der Waals surface area contributed by atoms with Gasteiger partial charge in [0.15, 0.2) is 0 Å². The SMILES string of the molecule is C=Cc1cc(OCc2ccccc2)cc(-c2ccc(C)o2)c1. The van der Waals surface area contributed by atoms with Crippen LogP contribution in [0.4, 0.5) is 0 Å². The highest BCUT2D eigenvalue weighted by atomic mass is 16.5. The number of hydrogen-bond acceptors (Lipinski definition) is 2. The summed E-state index contributed by atoms with van der Waals surface area (Å²) in [5, 5.41) is 0. The van der Waals surface area contributed by atoms with Crippen LogP contribution >= 0.6 is 0 Å². The molecule has 0 amide bonds. The summed E-state index contributed by atoms with van der Waals surface area (Å²) in [5.41, 5.74) is 3.14. The Morgan fingerprint density at radius 2 is 1.86 bits per heavy atom.